The summed E-state index contributed by atoms with van der Waals surface area (Å²) in [4.78, 5) is 2.25. The Morgan fingerprint density at radius 2 is 1.61 bits per heavy atom. The molecule has 0 saturated carbocycles. The first-order valence-corrected chi connectivity index (χ1v) is 10.7. The first-order valence-electron chi connectivity index (χ1n) is 10.7. The average Bonchev–Trinajstić information content (AvgIpc) is 3.03. The van der Waals surface area contributed by atoms with E-state index in [1.54, 1.807) is 7.11 Å². The minimum Gasteiger partial charge on any atom is -0.493 e. The number of benzene rings is 2. The zero-order valence-electron chi connectivity index (χ0n) is 19.1. The maximum absolute atomic E-state index is 10.0. The van der Waals surface area contributed by atoms with Gasteiger partial charge >= 0.3 is 0 Å². The molecule has 166 valence electrons. The van der Waals surface area contributed by atoms with Crippen molar-refractivity contribution in [1.29, 1.82) is 0 Å². The van der Waals surface area contributed by atoms with Crippen molar-refractivity contribution in [1.82, 2.24) is 14.7 Å². The van der Waals surface area contributed by atoms with Gasteiger partial charge in [-0.15, -0.1) is 0 Å². The quantitative estimate of drug-likeness (QED) is 0.507. The molecule has 0 radical (unpaired) electrons. The summed E-state index contributed by atoms with van der Waals surface area (Å²) in [5, 5.41) is 14.8. The summed E-state index contributed by atoms with van der Waals surface area (Å²) in [7, 11) is 1.63. The Labute approximate surface area is 185 Å². The van der Waals surface area contributed by atoms with Gasteiger partial charge in [-0.05, 0) is 44.0 Å². The SMILES string of the molecule is COc1ccccc1Oc1c(CN(CC(C)C)CC(C)O)c(C)nn1-c1ccccc1. The third-order valence-electron chi connectivity index (χ3n) is 4.94. The Morgan fingerprint density at radius 1 is 0.968 bits per heavy atom. The molecule has 2 aromatic carbocycles. The fourth-order valence-electron chi connectivity index (χ4n) is 3.69. The van der Waals surface area contributed by atoms with Crippen molar-refractivity contribution >= 4 is 0 Å². The Kier molecular flexibility index (Phi) is 7.71. The van der Waals surface area contributed by atoms with E-state index in [-0.39, 0.29) is 0 Å². The highest BCUT2D eigenvalue weighted by Gasteiger charge is 2.23. The second-order valence-electron chi connectivity index (χ2n) is 8.31. The number of ether oxygens (including phenoxy) is 2. The summed E-state index contributed by atoms with van der Waals surface area (Å²) >= 11 is 0. The molecule has 1 aromatic heterocycles. The molecule has 0 saturated heterocycles. The molecule has 31 heavy (non-hydrogen) atoms. The summed E-state index contributed by atoms with van der Waals surface area (Å²) in [6.07, 6.45) is -0.415. The van der Waals surface area contributed by atoms with Crippen LogP contribution in [0.3, 0.4) is 0 Å². The lowest BCUT2D eigenvalue weighted by atomic mass is 10.1. The van der Waals surface area contributed by atoms with Gasteiger partial charge in [-0.25, -0.2) is 4.68 Å². The van der Waals surface area contributed by atoms with E-state index in [0.717, 1.165) is 23.5 Å². The number of rotatable bonds is 10. The van der Waals surface area contributed by atoms with Gasteiger partial charge in [-0.3, -0.25) is 4.90 Å². The molecule has 1 heterocycles. The predicted octanol–water partition coefficient (Wildman–Crippen LogP) is 4.82. The van der Waals surface area contributed by atoms with E-state index in [1.807, 2.05) is 73.1 Å². The van der Waals surface area contributed by atoms with Crippen LogP contribution < -0.4 is 9.47 Å². The van der Waals surface area contributed by atoms with Crippen LogP contribution in [0, 0.1) is 12.8 Å². The first-order chi connectivity index (χ1) is 14.9. The maximum atomic E-state index is 10.0. The van der Waals surface area contributed by atoms with E-state index >= 15 is 0 Å². The lowest BCUT2D eigenvalue weighted by Crippen LogP contribution is -2.33. The highest BCUT2D eigenvalue weighted by Crippen LogP contribution is 2.36. The molecule has 0 aliphatic carbocycles. The molecular weight excluding hydrogens is 390 g/mol. The number of hydrogen-bond donors (Lipinski definition) is 1. The van der Waals surface area contributed by atoms with Crippen LogP contribution in [-0.4, -0.2) is 46.1 Å². The molecule has 0 spiro atoms. The minimum absolute atomic E-state index is 0.415. The predicted molar refractivity (Wildman–Crippen MR) is 123 cm³/mol. The molecule has 1 unspecified atom stereocenters. The lowest BCUT2D eigenvalue weighted by molar-refractivity contribution is 0.114. The summed E-state index contributed by atoms with van der Waals surface area (Å²) in [6.45, 7) is 10.3. The van der Waals surface area contributed by atoms with Crippen molar-refractivity contribution < 1.29 is 14.6 Å². The van der Waals surface area contributed by atoms with E-state index in [4.69, 9.17) is 14.6 Å². The van der Waals surface area contributed by atoms with Crippen molar-refractivity contribution in [2.75, 3.05) is 20.2 Å². The fraction of sp³-hybridized carbons (Fsp3) is 0.400. The van der Waals surface area contributed by atoms with Gasteiger partial charge in [0.25, 0.3) is 0 Å². The number of methoxy groups -OCH3 is 1. The smallest absolute Gasteiger partial charge is 0.227 e. The number of aromatic nitrogens is 2. The van der Waals surface area contributed by atoms with Crippen molar-refractivity contribution in [2.45, 2.75) is 40.3 Å². The summed E-state index contributed by atoms with van der Waals surface area (Å²) in [5.41, 5.74) is 2.82. The van der Waals surface area contributed by atoms with Crippen molar-refractivity contribution in [2.24, 2.45) is 5.92 Å². The summed E-state index contributed by atoms with van der Waals surface area (Å²) in [5.74, 6) is 2.43. The number of aliphatic hydroxyl groups is 1. The highest BCUT2D eigenvalue weighted by atomic mass is 16.5. The zero-order chi connectivity index (χ0) is 22.4. The maximum Gasteiger partial charge on any atom is 0.227 e. The van der Waals surface area contributed by atoms with Crippen LogP contribution in [0.4, 0.5) is 0 Å². The third kappa shape index (κ3) is 5.87. The Balaban J connectivity index is 2.06. The second-order valence-corrected chi connectivity index (χ2v) is 8.31. The topological polar surface area (TPSA) is 59.8 Å². The van der Waals surface area contributed by atoms with E-state index in [0.29, 0.717) is 36.4 Å². The van der Waals surface area contributed by atoms with Crippen LogP contribution in [0.5, 0.6) is 17.4 Å². The Bertz CT molecular complexity index is 957. The number of aryl methyl sites for hydroxylation is 1. The molecule has 6 heteroatoms. The van der Waals surface area contributed by atoms with Crippen LogP contribution in [0.1, 0.15) is 32.0 Å². The molecule has 1 N–H and O–H groups in total. The number of hydrogen-bond acceptors (Lipinski definition) is 5. The molecule has 1 atom stereocenters. The minimum atomic E-state index is -0.415. The van der Waals surface area contributed by atoms with Gasteiger partial charge in [0.2, 0.25) is 5.88 Å². The Morgan fingerprint density at radius 3 is 2.23 bits per heavy atom. The van der Waals surface area contributed by atoms with Gasteiger partial charge < -0.3 is 14.6 Å². The molecule has 0 aliphatic rings. The van der Waals surface area contributed by atoms with Crippen LogP contribution in [0.2, 0.25) is 0 Å². The van der Waals surface area contributed by atoms with Crippen molar-refractivity contribution in [3.8, 4) is 23.1 Å². The summed E-state index contributed by atoms with van der Waals surface area (Å²) in [6, 6.07) is 17.6. The number of nitrogens with zero attached hydrogens (tertiary/aromatic N) is 3. The van der Waals surface area contributed by atoms with E-state index in [2.05, 4.69) is 18.7 Å². The van der Waals surface area contributed by atoms with Crippen LogP contribution in [0.25, 0.3) is 5.69 Å². The monoisotopic (exact) mass is 423 g/mol. The molecule has 0 amide bonds. The standard InChI is InChI=1S/C25H33N3O3/c1-18(2)15-27(16-19(3)29)17-22-20(4)26-28(21-11-7-6-8-12-21)25(22)31-24-14-10-9-13-23(24)30-5/h6-14,18-19,29H,15-17H2,1-5H3. The van der Waals surface area contributed by atoms with Gasteiger partial charge in [0.1, 0.15) is 0 Å². The largest absolute Gasteiger partial charge is 0.493 e. The van der Waals surface area contributed by atoms with Crippen molar-refractivity contribution in [3.63, 3.8) is 0 Å². The normalized spacial score (nSPS) is 12.4. The fourth-order valence-corrected chi connectivity index (χ4v) is 3.69. The molecular formula is C25H33N3O3. The van der Waals surface area contributed by atoms with Crippen LogP contribution in [-0.2, 0) is 6.54 Å². The van der Waals surface area contributed by atoms with E-state index < -0.39 is 6.10 Å². The lowest BCUT2D eigenvalue weighted by Gasteiger charge is -2.26. The average molecular weight is 424 g/mol. The molecule has 3 aromatic rings. The van der Waals surface area contributed by atoms with Crippen LogP contribution >= 0.6 is 0 Å². The Hall–Kier alpha value is -2.83. The number of para-hydroxylation sites is 3. The van der Waals surface area contributed by atoms with Crippen LogP contribution in [0.15, 0.2) is 54.6 Å². The third-order valence-corrected chi connectivity index (χ3v) is 4.94. The summed E-state index contributed by atoms with van der Waals surface area (Å²) < 4.78 is 13.8. The van der Waals surface area contributed by atoms with Gasteiger partial charge in [-0.1, -0.05) is 44.2 Å². The van der Waals surface area contributed by atoms with Gasteiger partial charge in [-0.2, -0.15) is 5.10 Å². The van der Waals surface area contributed by atoms with Crippen molar-refractivity contribution in [3.05, 3.63) is 65.9 Å². The number of aliphatic hydroxyl groups excluding tert-OH is 1. The highest BCUT2D eigenvalue weighted by molar-refractivity contribution is 5.47. The molecule has 3 rings (SSSR count). The molecule has 0 bridgehead atoms. The van der Waals surface area contributed by atoms with Gasteiger partial charge in [0.05, 0.1) is 30.2 Å². The van der Waals surface area contributed by atoms with E-state index in [1.165, 1.54) is 0 Å². The van der Waals surface area contributed by atoms with Gasteiger partial charge in [0, 0.05) is 19.6 Å². The molecule has 0 aliphatic heterocycles. The zero-order valence-corrected chi connectivity index (χ0v) is 19.1. The molecule has 6 nitrogen and oxygen atoms in total. The van der Waals surface area contributed by atoms with Gasteiger partial charge in [0.15, 0.2) is 11.5 Å². The second kappa shape index (κ2) is 10.5. The first kappa shape index (κ1) is 22.8. The van der Waals surface area contributed by atoms with E-state index in [9.17, 15) is 5.11 Å². The molecule has 0 fully saturated rings.